The molecule has 1 aromatic rings. The predicted octanol–water partition coefficient (Wildman–Crippen LogP) is 0.334. The van der Waals surface area contributed by atoms with Gasteiger partial charge in [-0.05, 0) is 17.7 Å². The van der Waals surface area contributed by atoms with Crippen LogP contribution in [-0.2, 0) is 0 Å². The topological polar surface area (TPSA) is 83.5 Å². The number of rotatable bonds is 2. The Balaban J connectivity index is 2.93. The molecule has 1 unspecified atom stereocenters. The lowest BCUT2D eigenvalue weighted by Gasteiger charge is -2.03. The van der Waals surface area contributed by atoms with Crippen molar-refractivity contribution >= 4 is 5.97 Å². The maximum Gasteiger partial charge on any atom is 0.335 e. The van der Waals surface area contributed by atoms with E-state index in [1.54, 1.807) is 0 Å². The van der Waals surface area contributed by atoms with E-state index in [0.29, 0.717) is 5.56 Å². The fourth-order valence-electron chi connectivity index (χ4n) is 0.823. The molecule has 0 fully saturated rings. The Morgan fingerprint density at radius 3 is 2.17 bits per heavy atom. The van der Waals surface area contributed by atoms with E-state index in [1.165, 1.54) is 24.3 Å². The number of aliphatic hydroxyl groups is 1. The van der Waals surface area contributed by atoms with Crippen LogP contribution in [-0.4, -0.2) is 16.2 Å². The molecule has 0 radical (unpaired) electrons. The molecule has 4 N–H and O–H groups in total. The molecular weight excluding hydrogens is 158 g/mol. The third-order valence-corrected chi connectivity index (χ3v) is 1.50. The molecule has 0 bridgehead atoms. The van der Waals surface area contributed by atoms with Crippen LogP contribution in [0.25, 0.3) is 0 Å². The molecule has 0 spiro atoms. The van der Waals surface area contributed by atoms with Crippen molar-refractivity contribution in [2.75, 3.05) is 0 Å². The molecule has 0 aromatic heterocycles. The van der Waals surface area contributed by atoms with Crippen molar-refractivity contribution in [2.24, 2.45) is 5.73 Å². The zero-order chi connectivity index (χ0) is 9.14. The molecule has 4 heteroatoms. The van der Waals surface area contributed by atoms with Crippen LogP contribution in [0, 0.1) is 0 Å². The fourth-order valence-corrected chi connectivity index (χ4v) is 0.823. The Morgan fingerprint density at radius 1 is 1.33 bits per heavy atom. The van der Waals surface area contributed by atoms with Gasteiger partial charge in [-0.25, -0.2) is 4.79 Å². The van der Waals surface area contributed by atoms with E-state index < -0.39 is 12.2 Å². The van der Waals surface area contributed by atoms with Crippen molar-refractivity contribution in [1.82, 2.24) is 0 Å². The van der Waals surface area contributed by atoms with Gasteiger partial charge in [0.25, 0.3) is 0 Å². The number of hydrogen-bond donors (Lipinski definition) is 3. The van der Waals surface area contributed by atoms with Crippen molar-refractivity contribution in [3.8, 4) is 0 Å². The lowest BCUT2D eigenvalue weighted by molar-refractivity contribution is 0.0696. The number of hydrogen-bond acceptors (Lipinski definition) is 3. The van der Waals surface area contributed by atoms with E-state index in [-0.39, 0.29) is 5.56 Å². The van der Waals surface area contributed by atoms with Crippen LogP contribution < -0.4 is 5.73 Å². The summed E-state index contributed by atoms with van der Waals surface area (Å²) in [5.74, 6) is -0.993. The van der Waals surface area contributed by atoms with Crippen LogP contribution in [0.2, 0.25) is 0 Å². The molecule has 4 nitrogen and oxygen atoms in total. The summed E-state index contributed by atoms with van der Waals surface area (Å²) >= 11 is 0. The quantitative estimate of drug-likeness (QED) is 0.554. The van der Waals surface area contributed by atoms with Gasteiger partial charge < -0.3 is 15.9 Å². The minimum Gasteiger partial charge on any atom is -0.478 e. The van der Waals surface area contributed by atoms with Gasteiger partial charge in [-0.2, -0.15) is 0 Å². The Kier molecular flexibility index (Phi) is 2.42. The highest BCUT2D eigenvalue weighted by Crippen LogP contribution is 2.08. The molecule has 64 valence electrons. The predicted molar refractivity (Wildman–Crippen MR) is 42.5 cm³/mol. The van der Waals surface area contributed by atoms with Gasteiger partial charge in [-0.1, -0.05) is 12.1 Å². The summed E-state index contributed by atoms with van der Waals surface area (Å²) in [6.07, 6.45) is -1.05. The maximum atomic E-state index is 10.4. The number of carboxylic acids is 1. The van der Waals surface area contributed by atoms with Gasteiger partial charge in [0, 0.05) is 0 Å². The number of carbonyl (C=O) groups is 1. The molecule has 0 amide bonds. The first-order valence-corrected chi connectivity index (χ1v) is 3.38. The minimum absolute atomic E-state index is 0.180. The number of nitrogens with two attached hydrogens (primary N) is 1. The second-order valence-electron chi connectivity index (χ2n) is 2.37. The van der Waals surface area contributed by atoms with Gasteiger partial charge in [0.05, 0.1) is 5.56 Å². The average molecular weight is 167 g/mol. The molecule has 0 aliphatic rings. The highest BCUT2D eigenvalue weighted by molar-refractivity contribution is 5.87. The summed E-state index contributed by atoms with van der Waals surface area (Å²) in [5.41, 5.74) is 5.83. The number of aromatic carboxylic acids is 1. The normalized spacial score (nSPS) is 12.5. The van der Waals surface area contributed by atoms with E-state index in [4.69, 9.17) is 15.9 Å². The van der Waals surface area contributed by atoms with Crippen LogP contribution in [0.15, 0.2) is 24.3 Å². The summed E-state index contributed by atoms with van der Waals surface area (Å²) in [7, 11) is 0. The minimum atomic E-state index is -1.05. The molecule has 0 heterocycles. The van der Waals surface area contributed by atoms with Gasteiger partial charge >= 0.3 is 5.97 Å². The first kappa shape index (κ1) is 8.70. The van der Waals surface area contributed by atoms with E-state index in [9.17, 15) is 4.79 Å². The van der Waals surface area contributed by atoms with Gasteiger partial charge in [-0.15, -0.1) is 0 Å². The molecule has 0 saturated heterocycles. The second kappa shape index (κ2) is 3.34. The van der Waals surface area contributed by atoms with Crippen LogP contribution in [0.4, 0.5) is 0 Å². The van der Waals surface area contributed by atoms with Crippen molar-refractivity contribution in [3.63, 3.8) is 0 Å². The van der Waals surface area contributed by atoms with Crippen LogP contribution in [0.5, 0.6) is 0 Å². The number of benzene rings is 1. The first-order valence-electron chi connectivity index (χ1n) is 3.38. The average Bonchev–Trinajstić information content (AvgIpc) is 2.04. The Labute approximate surface area is 69.3 Å². The van der Waals surface area contributed by atoms with Gasteiger partial charge in [0.1, 0.15) is 6.23 Å². The van der Waals surface area contributed by atoms with E-state index in [2.05, 4.69) is 0 Å². The Hall–Kier alpha value is -1.39. The molecule has 1 rings (SSSR count). The fraction of sp³-hybridized carbons (Fsp3) is 0.125. The summed E-state index contributed by atoms with van der Waals surface area (Å²) in [4.78, 5) is 10.4. The first-order chi connectivity index (χ1) is 5.61. The van der Waals surface area contributed by atoms with Crippen LogP contribution in [0.1, 0.15) is 22.1 Å². The summed E-state index contributed by atoms with van der Waals surface area (Å²) < 4.78 is 0. The van der Waals surface area contributed by atoms with Crippen molar-refractivity contribution in [2.45, 2.75) is 6.23 Å². The largest absolute Gasteiger partial charge is 0.478 e. The van der Waals surface area contributed by atoms with E-state index in [0.717, 1.165) is 0 Å². The Bertz CT molecular complexity index is 279. The zero-order valence-electron chi connectivity index (χ0n) is 6.27. The third kappa shape index (κ3) is 1.81. The zero-order valence-corrected chi connectivity index (χ0v) is 6.27. The van der Waals surface area contributed by atoms with Gasteiger partial charge in [0.15, 0.2) is 0 Å². The van der Waals surface area contributed by atoms with Gasteiger partial charge in [0.2, 0.25) is 0 Å². The lowest BCUT2D eigenvalue weighted by Crippen LogP contribution is -2.08. The highest BCUT2D eigenvalue weighted by Gasteiger charge is 2.03. The molecular formula is C8H9NO3. The third-order valence-electron chi connectivity index (χ3n) is 1.50. The standard InChI is InChI=1S/C8H9NO3/c9-7(10)5-1-3-6(4-2-5)8(11)12/h1-4,7,10H,9H2,(H,11,12). The molecule has 1 aromatic carbocycles. The monoisotopic (exact) mass is 167 g/mol. The molecule has 0 aliphatic carbocycles. The smallest absolute Gasteiger partial charge is 0.335 e. The van der Waals surface area contributed by atoms with Crippen molar-refractivity contribution in [1.29, 1.82) is 0 Å². The van der Waals surface area contributed by atoms with E-state index >= 15 is 0 Å². The molecule has 1 atom stereocenters. The number of carboxylic acid groups (broad SMARTS) is 1. The van der Waals surface area contributed by atoms with Crippen LogP contribution in [0.3, 0.4) is 0 Å². The summed E-state index contributed by atoms with van der Waals surface area (Å²) in [6, 6.07) is 5.75. The summed E-state index contributed by atoms with van der Waals surface area (Å²) in [6.45, 7) is 0. The second-order valence-corrected chi connectivity index (χ2v) is 2.37. The molecule has 12 heavy (non-hydrogen) atoms. The van der Waals surface area contributed by atoms with Crippen molar-refractivity contribution < 1.29 is 15.0 Å². The highest BCUT2D eigenvalue weighted by atomic mass is 16.4. The van der Waals surface area contributed by atoms with E-state index in [1.807, 2.05) is 0 Å². The molecule has 0 saturated carbocycles. The summed E-state index contributed by atoms with van der Waals surface area (Å²) in [5, 5.41) is 17.4. The van der Waals surface area contributed by atoms with Crippen LogP contribution >= 0.6 is 0 Å². The molecule has 0 aliphatic heterocycles. The number of aliphatic hydroxyl groups excluding tert-OH is 1. The Morgan fingerprint density at radius 2 is 1.83 bits per heavy atom. The maximum absolute atomic E-state index is 10.4. The van der Waals surface area contributed by atoms with Crippen molar-refractivity contribution in [3.05, 3.63) is 35.4 Å². The SMILES string of the molecule is NC(O)c1ccc(C(=O)O)cc1. The van der Waals surface area contributed by atoms with Gasteiger partial charge in [-0.3, -0.25) is 0 Å². The lowest BCUT2D eigenvalue weighted by atomic mass is 10.1.